The van der Waals surface area contributed by atoms with Crippen molar-refractivity contribution >= 4 is 16.9 Å². The Morgan fingerprint density at radius 2 is 2.00 bits per heavy atom. The first-order chi connectivity index (χ1) is 9.19. The van der Waals surface area contributed by atoms with Crippen LogP contribution in [-0.2, 0) is 0 Å². The van der Waals surface area contributed by atoms with Gasteiger partial charge in [-0.1, -0.05) is 6.07 Å². The Morgan fingerprint density at radius 1 is 1.16 bits per heavy atom. The van der Waals surface area contributed by atoms with E-state index in [-0.39, 0.29) is 5.69 Å². The van der Waals surface area contributed by atoms with Crippen molar-refractivity contribution in [2.45, 2.75) is 0 Å². The third kappa shape index (κ3) is 1.85. The highest BCUT2D eigenvalue weighted by molar-refractivity contribution is 5.91. The fourth-order valence-corrected chi connectivity index (χ4v) is 2.13. The average molecular weight is 256 g/mol. The number of carboxylic acid groups (broad SMARTS) is 1. The summed E-state index contributed by atoms with van der Waals surface area (Å²) in [6, 6.07) is 10.9. The lowest BCUT2D eigenvalue weighted by molar-refractivity contribution is 0.0691. The van der Waals surface area contributed by atoms with E-state index in [1.54, 1.807) is 19.2 Å². The van der Waals surface area contributed by atoms with Crippen molar-refractivity contribution in [2.75, 3.05) is 7.11 Å². The molecule has 5 heteroatoms. The molecule has 0 aliphatic rings. The molecule has 0 unspecified atom stereocenters. The first kappa shape index (κ1) is 11.4. The van der Waals surface area contributed by atoms with Gasteiger partial charge in [0.05, 0.1) is 18.5 Å². The molecule has 0 saturated carbocycles. The van der Waals surface area contributed by atoms with E-state index in [4.69, 9.17) is 9.84 Å². The molecule has 0 saturated heterocycles. The van der Waals surface area contributed by atoms with Gasteiger partial charge in [-0.2, -0.15) is 0 Å². The Balaban J connectivity index is 2.12. The second-order valence-corrected chi connectivity index (χ2v) is 4.20. The topological polar surface area (TPSA) is 78.1 Å². The number of ether oxygens (including phenoxy) is 1. The molecule has 3 rings (SSSR count). The van der Waals surface area contributed by atoms with Crippen molar-refractivity contribution in [3.63, 3.8) is 0 Å². The third-order valence-corrected chi connectivity index (χ3v) is 3.05. The summed E-state index contributed by atoms with van der Waals surface area (Å²) >= 11 is 0. The van der Waals surface area contributed by atoms with Crippen molar-refractivity contribution in [3.8, 4) is 17.1 Å². The minimum atomic E-state index is -0.972. The maximum atomic E-state index is 10.9. The van der Waals surface area contributed by atoms with E-state index in [9.17, 15) is 4.79 Å². The molecule has 2 heterocycles. The normalized spacial score (nSPS) is 10.8. The Labute approximate surface area is 108 Å². The van der Waals surface area contributed by atoms with E-state index in [0.29, 0.717) is 0 Å². The van der Waals surface area contributed by atoms with Gasteiger partial charge in [0.15, 0.2) is 0 Å². The summed E-state index contributed by atoms with van der Waals surface area (Å²) in [7, 11) is 1.62. The zero-order valence-corrected chi connectivity index (χ0v) is 10.2. The SMILES string of the molecule is COc1cccc2[nH]c(-c3ccc(C(=O)O)[nH]3)cc12. The number of carbonyl (C=O) groups is 1. The van der Waals surface area contributed by atoms with Gasteiger partial charge in [-0.15, -0.1) is 0 Å². The van der Waals surface area contributed by atoms with Crippen LogP contribution >= 0.6 is 0 Å². The fourth-order valence-electron chi connectivity index (χ4n) is 2.13. The molecule has 5 nitrogen and oxygen atoms in total. The fraction of sp³-hybridized carbons (Fsp3) is 0.0714. The number of aromatic amines is 2. The number of hydrogen-bond acceptors (Lipinski definition) is 2. The van der Waals surface area contributed by atoms with E-state index in [2.05, 4.69) is 9.97 Å². The Hall–Kier alpha value is -2.69. The molecular formula is C14H12N2O3. The Morgan fingerprint density at radius 3 is 2.68 bits per heavy atom. The number of rotatable bonds is 3. The maximum Gasteiger partial charge on any atom is 0.352 e. The van der Waals surface area contributed by atoms with Gasteiger partial charge in [0, 0.05) is 10.9 Å². The van der Waals surface area contributed by atoms with Gasteiger partial charge in [-0.25, -0.2) is 4.79 Å². The molecule has 2 aromatic heterocycles. The van der Waals surface area contributed by atoms with Crippen LogP contribution in [0.25, 0.3) is 22.3 Å². The first-order valence-electron chi connectivity index (χ1n) is 5.77. The summed E-state index contributed by atoms with van der Waals surface area (Å²) < 4.78 is 5.30. The maximum absolute atomic E-state index is 10.9. The largest absolute Gasteiger partial charge is 0.496 e. The van der Waals surface area contributed by atoms with Gasteiger partial charge in [0.2, 0.25) is 0 Å². The van der Waals surface area contributed by atoms with Crippen LogP contribution in [0.1, 0.15) is 10.5 Å². The molecule has 3 aromatic rings. The second-order valence-electron chi connectivity index (χ2n) is 4.20. The minimum Gasteiger partial charge on any atom is -0.496 e. The van der Waals surface area contributed by atoms with Gasteiger partial charge in [0.1, 0.15) is 11.4 Å². The van der Waals surface area contributed by atoms with Crippen LogP contribution in [0.4, 0.5) is 0 Å². The second kappa shape index (κ2) is 4.20. The summed E-state index contributed by atoms with van der Waals surface area (Å²) in [5.74, 6) is -0.190. The molecule has 1 aromatic carbocycles. The number of aromatic nitrogens is 2. The smallest absolute Gasteiger partial charge is 0.352 e. The number of fused-ring (bicyclic) bond motifs is 1. The van der Waals surface area contributed by atoms with E-state index < -0.39 is 5.97 Å². The summed E-state index contributed by atoms with van der Waals surface area (Å²) in [5.41, 5.74) is 2.67. The first-order valence-corrected chi connectivity index (χ1v) is 5.77. The Kier molecular flexibility index (Phi) is 2.52. The minimum absolute atomic E-state index is 0.167. The van der Waals surface area contributed by atoms with Crippen LogP contribution in [0, 0.1) is 0 Å². The van der Waals surface area contributed by atoms with Gasteiger partial charge >= 0.3 is 5.97 Å². The van der Waals surface area contributed by atoms with Crippen molar-refractivity contribution in [3.05, 3.63) is 42.1 Å². The summed E-state index contributed by atoms with van der Waals surface area (Å²) in [6.45, 7) is 0. The molecule has 0 atom stereocenters. The van der Waals surface area contributed by atoms with Gasteiger partial charge in [0.25, 0.3) is 0 Å². The molecule has 0 fully saturated rings. The number of hydrogen-bond donors (Lipinski definition) is 3. The highest BCUT2D eigenvalue weighted by Gasteiger charge is 2.11. The zero-order chi connectivity index (χ0) is 13.4. The van der Waals surface area contributed by atoms with E-state index in [1.165, 1.54) is 0 Å². The van der Waals surface area contributed by atoms with Crippen LogP contribution < -0.4 is 4.74 Å². The molecule has 3 N–H and O–H groups in total. The van der Waals surface area contributed by atoms with Crippen molar-refractivity contribution in [1.82, 2.24) is 9.97 Å². The predicted octanol–water partition coefficient (Wildman–Crippen LogP) is 2.87. The van der Waals surface area contributed by atoms with Crippen molar-refractivity contribution < 1.29 is 14.6 Å². The molecular weight excluding hydrogens is 244 g/mol. The highest BCUT2D eigenvalue weighted by atomic mass is 16.5. The van der Waals surface area contributed by atoms with E-state index in [1.807, 2.05) is 24.3 Å². The van der Waals surface area contributed by atoms with Crippen molar-refractivity contribution in [2.24, 2.45) is 0 Å². The monoisotopic (exact) mass is 256 g/mol. The lowest BCUT2D eigenvalue weighted by atomic mass is 10.2. The van der Waals surface area contributed by atoms with Crippen LogP contribution in [0.15, 0.2) is 36.4 Å². The number of methoxy groups -OCH3 is 1. The average Bonchev–Trinajstić information content (AvgIpc) is 3.04. The molecule has 0 aliphatic heterocycles. The number of carboxylic acids is 1. The summed E-state index contributed by atoms with van der Waals surface area (Å²) in [6.07, 6.45) is 0. The molecule has 19 heavy (non-hydrogen) atoms. The molecule has 0 bridgehead atoms. The van der Waals surface area contributed by atoms with Gasteiger partial charge < -0.3 is 19.8 Å². The Bertz CT molecular complexity index is 755. The number of nitrogens with one attached hydrogen (secondary N) is 2. The van der Waals surface area contributed by atoms with Crippen LogP contribution in [0.3, 0.4) is 0 Å². The zero-order valence-electron chi connectivity index (χ0n) is 10.2. The standard InChI is InChI=1S/C14H12N2O3/c1-19-13-4-2-3-9-8(13)7-12(15-9)10-5-6-11(16-10)14(17)18/h2-7,15-16H,1H3,(H,17,18). The third-order valence-electron chi connectivity index (χ3n) is 3.05. The quantitative estimate of drug-likeness (QED) is 0.674. The number of benzene rings is 1. The van der Waals surface area contributed by atoms with Crippen LogP contribution in [-0.4, -0.2) is 28.2 Å². The molecule has 0 amide bonds. The van der Waals surface area contributed by atoms with Gasteiger partial charge in [-0.3, -0.25) is 0 Å². The van der Waals surface area contributed by atoms with Gasteiger partial charge in [-0.05, 0) is 30.3 Å². The summed E-state index contributed by atoms with van der Waals surface area (Å²) in [5, 5.41) is 9.87. The molecule has 96 valence electrons. The van der Waals surface area contributed by atoms with E-state index >= 15 is 0 Å². The number of aromatic carboxylic acids is 1. The van der Waals surface area contributed by atoms with Crippen LogP contribution in [0.5, 0.6) is 5.75 Å². The molecule has 0 spiro atoms. The predicted molar refractivity (Wildman–Crippen MR) is 71.6 cm³/mol. The number of H-pyrrole nitrogens is 2. The van der Waals surface area contributed by atoms with Crippen LogP contribution in [0.2, 0.25) is 0 Å². The lowest BCUT2D eigenvalue weighted by Crippen LogP contribution is -1.95. The highest BCUT2D eigenvalue weighted by Crippen LogP contribution is 2.30. The lowest BCUT2D eigenvalue weighted by Gasteiger charge is -1.99. The molecule has 0 radical (unpaired) electrons. The van der Waals surface area contributed by atoms with E-state index in [0.717, 1.165) is 28.0 Å². The molecule has 0 aliphatic carbocycles. The summed E-state index contributed by atoms with van der Waals surface area (Å²) in [4.78, 5) is 16.9. The van der Waals surface area contributed by atoms with Crippen molar-refractivity contribution in [1.29, 1.82) is 0 Å².